The monoisotopic (exact) mass is 143 g/mol. The smallest absolute Gasteiger partial charge is 0.359 e. The Morgan fingerprint density at radius 2 is 2.30 bits per heavy atom. The van der Waals surface area contributed by atoms with Crippen LogP contribution in [0.15, 0.2) is 4.99 Å². The number of rotatable bonds is 0. The van der Waals surface area contributed by atoms with Gasteiger partial charge in [0.2, 0.25) is 0 Å². The Balaban J connectivity index is 2.79. The zero-order chi connectivity index (χ0) is 7.72. The highest BCUT2D eigenvalue weighted by molar-refractivity contribution is 5.98. The van der Waals surface area contributed by atoms with Crippen LogP contribution < -0.4 is 17.3 Å². The summed E-state index contributed by atoms with van der Waals surface area (Å²) in [6.07, 6.45) is 0. The number of hydrogen-bond acceptors (Lipinski definition) is 4. The molecular weight excluding hydrogens is 134 g/mol. The normalized spacial score (nSPS) is 26.6. The zero-order valence-corrected chi connectivity index (χ0v) is 5.32. The van der Waals surface area contributed by atoms with E-state index in [4.69, 9.17) is 17.3 Å². The second-order valence-corrected chi connectivity index (χ2v) is 2.08. The first-order valence-electron chi connectivity index (χ1n) is 2.77. The van der Waals surface area contributed by atoms with E-state index in [0.717, 1.165) is 5.01 Å². The molecule has 10 heavy (non-hydrogen) atoms. The first-order chi connectivity index (χ1) is 4.61. The van der Waals surface area contributed by atoms with Crippen LogP contribution in [0.2, 0.25) is 0 Å². The number of carbonyl (C=O) groups is 1. The van der Waals surface area contributed by atoms with E-state index in [0.29, 0.717) is 0 Å². The van der Waals surface area contributed by atoms with Crippen LogP contribution in [0, 0.1) is 0 Å². The van der Waals surface area contributed by atoms with Crippen LogP contribution in [-0.4, -0.2) is 29.5 Å². The second kappa shape index (κ2) is 2.24. The van der Waals surface area contributed by atoms with Crippen LogP contribution in [0.1, 0.15) is 0 Å². The molecule has 0 fully saturated rings. The standard InChI is InChI=1S/C4H9N5O/c5-2-1-9(7)4(10)8-3(2)6/h2H,1,5,7H2,(H2,6,8,10). The summed E-state index contributed by atoms with van der Waals surface area (Å²) in [6.45, 7) is 0.230. The Morgan fingerprint density at radius 1 is 1.70 bits per heavy atom. The van der Waals surface area contributed by atoms with Gasteiger partial charge in [0, 0.05) is 0 Å². The van der Waals surface area contributed by atoms with E-state index in [9.17, 15) is 4.79 Å². The molecule has 0 aromatic carbocycles. The minimum absolute atomic E-state index is 0.145. The summed E-state index contributed by atoms with van der Waals surface area (Å²) >= 11 is 0. The number of amidine groups is 1. The molecule has 6 nitrogen and oxygen atoms in total. The number of nitrogens with two attached hydrogens (primary N) is 3. The number of amides is 2. The largest absolute Gasteiger partial charge is 0.386 e. The lowest BCUT2D eigenvalue weighted by Crippen LogP contribution is -2.54. The van der Waals surface area contributed by atoms with Crippen LogP contribution >= 0.6 is 0 Å². The Labute approximate surface area is 57.6 Å². The molecular formula is C4H9N5O. The van der Waals surface area contributed by atoms with Gasteiger partial charge in [0.1, 0.15) is 5.84 Å². The first-order valence-corrected chi connectivity index (χ1v) is 2.77. The van der Waals surface area contributed by atoms with Crippen molar-refractivity contribution in [2.24, 2.45) is 22.3 Å². The van der Waals surface area contributed by atoms with Crippen molar-refractivity contribution in [3.05, 3.63) is 0 Å². The average Bonchev–Trinajstić information content (AvgIpc) is 1.84. The SMILES string of the molecule is NC1=NC(=O)N(N)CC1N. The molecule has 0 saturated carbocycles. The van der Waals surface area contributed by atoms with Gasteiger partial charge in [0.05, 0.1) is 12.6 Å². The number of aliphatic imine (C=N–C) groups is 1. The molecule has 0 aromatic rings. The van der Waals surface area contributed by atoms with E-state index < -0.39 is 12.1 Å². The molecule has 0 spiro atoms. The van der Waals surface area contributed by atoms with Gasteiger partial charge in [0.25, 0.3) is 0 Å². The fourth-order valence-corrected chi connectivity index (χ4v) is 0.641. The summed E-state index contributed by atoms with van der Waals surface area (Å²) in [5.74, 6) is 5.32. The van der Waals surface area contributed by atoms with E-state index in [1.807, 2.05) is 0 Å². The summed E-state index contributed by atoms with van der Waals surface area (Å²) in [7, 11) is 0. The van der Waals surface area contributed by atoms with Crippen molar-refractivity contribution in [1.82, 2.24) is 5.01 Å². The fraction of sp³-hybridized carbons (Fsp3) is 0.500. The Kier molecular flexibility index (Phi) is 1.56. The van der Waals surface area contributed by atoms with E-state index in [1.54, 1.807) is 0 Å². The molecule has 0 aromatic heterocycles. The van der Waals surface area contributed by atoms with E-state index >= 15 is 0 Å². The number of hydrazine groups is 1. The number of urea groups is 1. The van der Waals surface area contributed by atoms with Gasteiger partial charge in [-0.15, -0.1) is 0 Å². The van der Waals surface area contributed by atoms with Crippen molar-refractivity contribution in [3.63, 3.8) is 0 Å². The number of nitrogens with zero attached hydrogens (tertiary/aromatic N) is 2. The molecule has 2 amide bonds. The van der Waals surface area contributed by atoms with Crippen LogP contribution in [0.25, 0.3) is 0 Å². The van der Waals surface area contributed by atoms with Crippen molar-refractivity contribution in [1.29, 1.82) is 0 Å². The maximum absolute atomic E-state index is 10.6. The van der Waals surface area contributed by atoms with Crippen molar-refractivity contribution in [2.45, 2.75) is 6.04 Å². The maximum Gasteiger partial charge on any atom is 0.359 e. The highest BCUT2D eigenvalue weighted by atomic mass is 16.2. The van der Waals surface area contributed by atoms with E-state index in [2.05, 4.69) is 4.99 Å². The Morgan fingerprint density at radius 3 is 2.80 bits per heavy atom. The third kappa shape index (κ3) is 1.07. The molecule has 0 saturated heterocycles. The zero-order valence-electron chi connectivity index (χ0n) is 5.32. The van der Waals surface area contributed by atoms with Crippen LogP contribution in [0.5, 0.6) is 0 Å². The second-order valence-electron chi connectivity index (χ2n) is 2.08. The summed E-state index contributed by atoms with van der Waals surface area (Å²) in [6, 6.07) is -0.970. The summed E-state index contributed by atoms with van der Waals surface area (Å²) in [5, 5.41) is 0.932. The maximum atomic E-state index is 10.6. The van der Waals surface area contributed by atoms with Gasteiger partial charge >= 0.3 is 6.03 Å². The van der Waals surface area contributed by atoms with Crippen LogP contribution in [0.4, 0.5) is 4.79 Å². The van der Waals surface area contributed by atoms with Crippen molar-refractivity contribution < 1.29 is 4.79 Å². The molecule has 0 radical (unpaired) electrons. The van der Waals surface area contributed by atoms with Crippen molar-refractivity contribution in [2.75, 3.05) is 6.54 Å². The minimum Gasteiger partial charge on any atom is -0.386 e. The van der Waals surface area contributed by atoms with Crippen LogP contribution in [0.3, 0.4) is 0 Å². The van der Waals surface area contributed by atoms with Gasteiger partial charge < -0.3 is 11.5 Å². The average molecular weight is 143 g/mol. The van der Waals surface area contributed by atoms with Gasteiger partial charge in [-0.2, -0.15) is 4.99 Å². The minimum atomic E-state index is -0.542. The molecule has 1 heterocycles. The van der Waals surface area contributed by atoms with E-state index in [-0.39, 0.29) is 12.4 Å². The quantitative estimate of drug-likeness (QED) is 0.268. The first kappa shape index (κ1) is 6.97. The summed E-state index contributed by atoms with van der Waals surface area (Å²) in [4.78, 5) is 14.0. The lowest BCUT2D eigenvalue weighted by molar-refractivity contribution is 0.205. The number of carbonyl (C=O) groups excluding carboxylic acids is 1. The molecule has 0 aliphatic carbocycles. The third-order valence-corrected chi connectivity index (χ3v) is 1.24. The molecule has 6 N–H and O–H groups in total. The van der Waals surface area contributed by atoms with Crippen molar-refractivity contribution in [3.8, 4) is 0 Å². The molecule has 1 rings (SSSR count). The predicted octanol–water partition coefficient (Wildman–Crippen LogP) is -2.02. The van der Waals surface area contributed by atoms with Gasteiger partial charge in [0.15, 0.2) is 0 Å². The lowest BCUT2D eigenvalue weighted by atomic mass is 10.2. The molecule has 6 heteroatoms. The van der Waals surface area contributed by atoms with Crippen LogP contribution in [-0.2, 0) is 0 Å². The fourth-order valence-electron chi connectivity index (χ4n) is 0.641. The summed E-state index contributed by atoms with van der Waals surface area (Å²) < 4.78 is 0. The topological polar surface area (TPSA) is 111 Å². The van der Waals surface area contributed by atoms with Gasteiger partial charge in [-0.3, -0.25) is 5.01 Å². The molecule has 1 unspecified atom stereocenters. The molecule has 1 aliphatic rings. The highest BCUT2D eigenvalue weighted by Gasteiger charge is 2.21. The van der Waals surface area contributed by atoms with Gasteiger partial charge in [-0.1, -0.05) is 0 Å². The summed E-state index contributed by atoms with van der Waals surface area (Å²) in [5.41, 5.74) is 10.7. The molecule has 0 bridgehead atoms. The number of hydrogen-bond donors (Lipinski definition) is 3. The molecule has 1 atom stereocenters. The molecule has 1 aliphatic heterocycles. The highest BCUT2D eigenvalue weighted by Crippen LogP contribution is 1.96. The Bertz CT molecular complexity index is 188. The van der Waals surface area contributed by atoms with Crippen molar-refractivity contribution >= 4 is 11.9 Å². The van der Waals surface area contributed by atoms with E-state index in [1.165, 1.54) is 0 Å². The predicted molar refractivity (Wildman–Crippen MR) is 35.9 cm³/mol. The molecule has 56 valence electrons. The Hall–Kier alpha value is -1.14. The van der Waals surface area contributed by atoms with Gasteiger partial charge in [-0.05, 0) is 0 Å². The third-order valence-electron chi connectivity index (χ3n) is 1.24. The van der Waals surface area contributed by atoms with Gasteiger partial charge in [-0.25, -0.2) is 10.6 Å². The lowest BCUT2D eigenvalue weighted by Gasteiger charge is -2.23.